The van der Waals surface area contributed by atoms with Gasteiger partial charge in [0.15, 0.2) is 12.2 Å². The van der Waals surface area contributed by atoms with Crippen LogP contribution in [0.1, 0.15) is 421 Å². The molecule has 0 bridgehead atoms. The molecule has 0 aromatic carbocycles. The molecule has 100 heavy (non-hydrogen) atoms. The fraction of sp³-hybridized carbons (Fsp3) is 0.951. The van der Waals surface area contributed by atoms with Gasteiger partial charge >= 0.3 is 39.5 Å². The molecule has 594 valence electrons. The monoisotopic (exact) mass is 1470 g/mol. The number of esters is 4. The average molecular weight is 1470 g/mol. The van der Waals surface area contributed by atoms with E-state index >= 15 is 0 Å². The molecule has 0 amide bonds. The fourth-order valence-corrected chi connectivity index (χ4v) is 14.0. The maximum absolute atomic E-state index is 13.1. The second-order valence-corrected chi connectivity index (χ2v) is 33.3. The molecule has 3 N–H and O–H groups in total. The van der Waals surface area contributed by atoms with Gasteiger partial charge in [0, 0.05) is 25.7 Å². The zero-order chi connectivity index (χ0) is 73.7. The molecule has 0 radical (unpaired) electrons. The Morgan fingerprint density at radius 2 is 0.510 bits per heavy atom. The molecule has 6 atom stereocenters. The van der Waals surface area contributed by atoms with Gasteiger partial charge in [-0.1, -0.05) is 370 Å². The number of carbonyl (C=O) groups is 4. The molecule has 0 aliphatic rings. The normalized spacial score (nSPS) is 14.2. The minimum Gasteiger partial charge on any atom is -0.462 e. The van der Waals surface area contributed by atoms with E-state index < -0.39 is 97.5 Å². The highest BCUT2D eigenvalue weighted by molar-refractivity contribution is 7.47. The number of ether oxygens (including phenoxy) is 4. The maximum Gasteiger partial charge on any atom is 0.472 e. The first-order chi connectivity index (χ1) is 48.3. The summed E-state index contributed by atoms with van der Waals surface area (Å²) < 4.78 is 68.7. The SMILES string of the molecule is CCCCCCCCCCCCC(=O)OC[C@H](COP(=O)(O)OC[C@H](O)COP(=O)(O)OC[C@@H](COC(=O)CCCCCCCCCCCCCCCCC(C)C)OC(=O)CCCCCCCCCCCCCCCCCCCCC(C)C)OC(=O)CCCCCCCCCCC(C)CC. The molecule has 0 rings (SSSR count). The molecule has 0 aromatic rings. The maximum atomic E-state index is 13.1. The van der Waals surface area contributed by atoms with E-state index in [0.29, 0.717) is 25.7 Å². The Kier molecular flexibility index (Phi) is 69.9. The number of rotatable bonds is 79. The van der Waals surface area contributed by atoms with Crippen LogP contribution in [0.15, 0.2) is 0 Å². The van der Waals surface area contributed by atoms with Crippen molar-refractivity contribution in [1.29, 1.82) is 0 Å². The van der Waals surface area contributed by atoms with Crippen LogP contribution in [-0.2, 0) is 65.4 Å². The van der Waals surface area contributed by atoms with Crippen molar-refractivity contribution in [3.8, 4) is 0 Å². The average Bonchev–Trinajstić information content (AvgIpc) is 0.915. The third kappa shape index (κ3) is 73.0. The topological polar surface area (TPSA) is 237 Å². The molecular weight excluding hydrogens is 1310 g/mol. The molecule has 0 fully saturated rings. The molecular formula is C81H158O17P2. The summed E-state index contributed by atoms with van der Waals surface area (Å²) in [6.07, 6.45) is 59.6. The number of unbranched alkanes of at least 4 members (excludes halogenated alkanes) is 46. The van der Waals surface area contributed by atoms with Crippen molar-refractivity contribution < 1.29 is 80.2 Å². The largest absolute Gasteiger partial charge is 0.472 e. The first-order valence-corrected chi connectivity index (χ1v) is 44.9. The van der Waals surface area contributed by atoms with Crippen molar-refractivity contribution in [2.75, 3.05) is 39.6 Å². The zero-order valence-corrected chi connectivity index (χ0v) is 67.5. The Bertz CT molecular complexity index is 1940. The van der Waals surface area contributed by atoms with Gasteiger partial charge in [-0.05, 0) is 43.4 Å². The van der Waals surface area contributed by atoms with Crippen molar-refractivity contribution in [2.24, 2.45) is 17.8 Å². The van der Waals surface area contributed by atoms with Gasteiger partial charge in [0.2, 0.25) is 0 Å². The lowest BCUT2D eigenvalue weighted by molar-refractivity contribution is -0.161. The van der Waals surface area contributed by atoms with Gasteiger partial charge in [-0.15, -0.1) is 0 Å². The van der Waals surface area contributed by atoms with Crippen LogP contribution in [0.25, 0.3) is 0 Å². The van der Waals surface area contributed by atoms with Crippen LogP contribution in [-0.4, -0.2) is 96.7 Å². The molecule has 3 unspecified atom stereocenters. The van der Waals surface area contributed by atoms with Crippen LogP contribution in [0.2, 0.25) is 0 Å². The Labute approximate surface area is 613 Å². The summed E-state index contributed by atoms with van der Waals surface area (Å²) in [6.45, 7) is 12.0. The molecule has 0 saturated carbocycles. The Balaban J connectivity index is 5.22. The van der Waals surface area contributed by atoms with E-state index in [1.807, 2.05) is 0 Å². The summed E-state index contributed by atoms with van der Waals surface area (Å²) in [6, 6.07) is 0. The lowest BCUT2D eigenvalue weighted by Crippen LogP contribution is -2.30. The summed E-state index contributed by atoms with van der Waals surface area (Å²) in [4.78, 5) is 73.0. The van der Waals surface area contributed by atoms with Crippen LogP contribution < -0.4 is 0 Å². The van der Waals surface area contributed by atoms with Gasteiger partial charge in [0.05, 0.1) is 26.4 Å². The molecule has 0 aromatic heterocycles. The van der Waals surface area contributed by atoms with Gasteiger partial charge in [-0.25, -0.2) is 9.13 Å². The second-order valence-electron chi connectivity index (χ2n) is 30.4. The second kappa shape index (κ2) is 71.3. The summed E-state index contributed by atoms with van der Waals surface area (Å²) in [5, 5.41) is 10.6. The van der Waals surface area contributed by atoms with Crippen molar-refractivity contribution in [3.63, 3.8) is 0 Å². The Morgan fingerprint density at radius 3 is 0.760 bits per heavy atom. The minimum atomic E-state index is -4.96. The highest BCUT2D eigenvalue weighted by Gasteiger charge is 2.30. The number of hydrogen-bond acceptors (Lipinski definition) is 15. The summed E-state index contributed by atoms with van der Waals surface area (Å²) in [5.74, 6) is 0.277. The highest BCUT2D eigenvalue weighted by atomic mass is 31.2. The van der Waals surface area contributed by atoms with Crippen LogP contribution in [0.4, 0.5) is 0 Å². The Hall–Kier alpha value is -1.94. The first-order valence-electron chi connectivity index (χ1n) is 41.9. The number of aliphatic hydroxyl groups excluding tert-OH is 1. The number of phosphoric ester groups is 2. The number of aliphatic hydroxyl groups is 1. The van der Waals surface area contributed by atoms with Gasteiger partial charge < -0.3 is 33.8 Å². The van der Waals surface area contributed by atoms with Gasteiger partial charge in [0.25, 0.3) is 0 Å². The van der Waals surface area contributed by atoms with E-state index in [9.17, 15) is 43.2 Å². The zero-order valence-electron chi connectivity index (χ0n) is 65.7. The lowest BCUT2D eigenvalue weighted by atomic mass is 9.99. The molecule has 0 saturated heterocycles. The molecule has 0 aliphatic heterocycles. The number of carbonyl (C=O) groups excluding carboxylic acids is 4. The van der Waals surface area contributed by atoms with Crippen molar-refractivity contribution >= 4 is 39.5 Å². The van der Waals surface area contributed by atoms with Crippen LogP contribution in [0, 0.1) is 17.8 Å². The smallest absolute Gasteiger partial charge is 0.462 e. The van der Waals surface area contributed by atoms with Gasteiger partial charge in [-0.3, -0.25) is 37.3 Å². The van der Waals surface area contributed by atoms with E-state index in [0.717, 1.165) is 108 Å². The molecule has 19 heteroatoms. The Morgan fingerprint density at radius 1 is 0.290 bits per heavy atom. The van der Waals surface area contributed by atoms with Crippen molar-refractivity contribution in [1.82, 2.24) is 0 Å². The summed E-state index contributed by atoms with van der Waals surface area (Å²) >= 11 is 0. The van der Waals surface area contributed by atoms with Crippen molar-refractivity contribution in [3.05, 3.63) is 0 Å². The highest BCUT2D eigenvalue weighted by Crippen LogP contribution is 2.45. The van der Waals surface area contributed by atoms with E-state index in [1.54, 1.807) is 0 Å². The van der Waals surface area contributed by atoms with Crippen LogP contribution in [0.3, 0.4) is 0 Å². The first kappa shape index (κ1) is 98.1. The van der Waals surface area contributed by atoms with Crippen LogP contribution in [0.5, 0.6) is 0 Å². The van der Waals surface area contributed by atoms with E-state index in [1.165, 1.54) is 231 Å². The lowest BCUT2D eigenvalue weighted by Gasteiger charge is -2.21. The third-order valence-electron chi connectivity index (χ3n) is 19.2. The molecule has 0 heterocycles. The summed E-state index contributed by atoms with van der Waals surface area (Å²) in [7, 11) is -9.92. The third-order valence-corrected chi connectivity index (χ3v) is 21.1. The molecule has 0 spiro atoms. The summed E-state index contributed by atoms with van der Waals surface area (Å²) in [5.41, 5.74) is 0. The van der Waals surface area contributed by atoms with E-state index in [2.05, 4.69) is 48.5 Å². The minimum absolute atomic E-state index is 0.105. The molecule has 0 aliphatic carbocycles. The molecule has 17 nitrogen and oxygen atoms in total. The number of hydrogen-bond donors (Lipinski definition) is 3. The van der Waals surface area contributed by atoms with Crippen molar-refractivity contribution in [2.45, 2.75) is 439 Å². The van der Waals surface area contributed by atoms with Crippen LogP contribution >= 0.6 is 15.6 Å². The standard InChI is InChI=1S/C81H158O17P2/c1-8-10-11-12-13-14-33-41-48-55-62-78(83)91-69-77(98-81(86)65-58-51-44-37-36-40-47-54-61-74(7)9-2)71-96-100(89,90)94-67-75(82)66-93-99(87,88)95-70-76(68-92-79(84)63-56-49-42-34-29-25-22-21-24-28-32-39-46-53-60-73(5)6)97-80(85)64-57-50-43-35-30-26-20-18-16-15-17-19-23-27-31-38-45-52-59-72(3)4/h72-77,82H,8-71H2,1-7H3,(H,87,88)(H,89,90)/t74?,75-,76-,77-/m1/s1. The number of phosphoric acid groups is 2. The van der Waals surface area contributed by atoms with Gasteiger partial charge in [0.1, 0.15) is 19.3 Å². The quantitative estimate of drug-likeness (QED) is 0.0222. The fourth-order valence-electron chi connectivity index (χ4n) is 12.5. The predicted molar refractivity (Wildman–Crippen MR) is 409 cm³/mol. The van der Waals surface area contributed by atoms with E-state index in [4.69, 9.17) is 37.0 Å². The van der Waals surface area contributed by atoms with Gasteiger partial charge in [-0.2, -0.15) is 0 Å². The predicted octanol–water partition coefficient (Wildman–Crippen LogP) is 24.1. The van der Waals surface area contributed by atoms with E-state index in [-0.39, 0.29) is 25.7 Å².